The highest BCUT2D eigenvalue weighted by Gasteiger charge is 2.25. The predicted octanol–water partition coefficient (Wildman–Crippen LogP) is 1.97. The van der Waals surface area contributed by atoms with Gasteiger partial charge in [0.2, 0.25) is 0 Å². The Balaban J connectivity index is 2.67. The molecule has 0 aromatic carbocycles. The fraction of sp³-hybridized carbons (Fsp3) is 0.889. The van der Waals surface area contributed by atoms with Crippen molar-refractivity contribution in [3.8, 4) is 0 Å². The molecular formula is C9H18N2. The Morgan fingerprint density at radius 3 is 2.55 bits per heavy atom. The third kappa shape index (κ3) is 1.73. The van der Waals surface area contributed by atoms with Crippen LogP contribution in [-0.4, -0.2) is 24.3 Å². The van der Waals surface area contributed by atoms with Gasteiger partial charge in [-0.25, -0.2) is 0 Å². The van der Waals surface area contributed by atoms with Crippen LogP contribution >= 0.6 is 0 Å². The fourth-order valence-corrected chi connectivity index (χ4v) is 2.02. The average molecular weight is 154 g/mol. The smallest absolute Gasteiger partial charge is 0.0519 e. The highest BCUT2D eigenvalue weighted by molar-refractivity contribution is 5.58. The molecule has 0 spiro atoms. The molecule has 0 aromatic rings. The molecule has 0 radical (unpaired) electrons. The van der Waals surface area contributed by atoms with Gasteiger partial charge in [0.25, 0.3) is 0 Å². The summed E-state index contributed by atoms with van der Waals surface area (Å²) in [6.45, 7) is 6.82. The van der Waals surface area contributed by atoms with Crippen LogP contribution in [0.4, 0.5) is 0 Å². The second-order valence-corrected chi connectivity index (χ2v) is 3.82. The van der Waals surface area contributed by atoms with Crippen LogP contribution in [0.15, 0.2) is 5.10 Å². The van der Waals surface area contributed by atoms with Crippen molar-refractivity contribution in [2.75, 3.05) is 7.05 Å². The van der Waals surface area contributed by atoms with E-state index in [-0.39, 0.29) is 0 Å². The van der Waals surface area contributed by atoms with Crippen molar-refractivity contribution in [2.45, 2.75) is 33.2 Å². The summed E-state index contributed by atoms with van der Waals surface area (Å²) in [6.07, 6.45) is 3.15. The molecule has 1 heterocycles. The largest absolute Gasteiger partial charge is 0.297 e. The number of hydrazone groups is 1. The third-order valence-electron chi connectivity index (χ3n) is 2.44. The molecule has 2 heteroatoms. The van der Waals surface area contributed by atoms with Gasteiger partial charge in [0.1, 0.15) is 0 Å². The van der Waals surface area contributed by atoms with Gasteiger partial charge in [-0.15, -0.1) is 0 Å². The quantitative estimate of drug-likeness (QED) is 0.564. The van der Waals surface area contributed by atoms with E-state index >= 15 is 0 Å². The van der Waals surface area contributed by atoms with Crippen molar-refractivity contribution < 1.29 is 0 Å². The number of nitrogens with zero attached hydrogens (tertiary/aromatic N) is 2. The zero-order chi connectivity index (χ0) is 8.43. The number of hydrogen-bond donors (Lipinski definition) is 0. The predicted molar refractivity (Wildman–Crippen MR) is 48.7 cm³/mol. The molecule has 0 N–H and O–H groups in total. The van der Waals surface area contributed by atoms with Gasteiger partial charge in [0, 0.05) is 13.3 Å². The van der Waals surface area contributed by atoms with Crippen molar-refractivity contribution in [3.63, 3.8) is 0 Å². The molecule has 0 aromatic heterocycles. The van der Waals surface area contributed by atoms with Gasteiger partial charge in [-0.1, -0.05) is 20.8 Å². The van der Waals surface area contributed by atoms with Gasteiger partial charge < -0.3 is 0 Å². The van der Waals surface area contributed by atoms with E-state index in [1.165, 1.54) is 0 Å². The van der Waals surface area contributed by atoms with Crippen LogP contribution < -0.4 is 0 Å². The maximum atomic E-state index is 4.29. The van der Waals surface area contributed by atoms with Crippen molar-refractivity contribution in [3.05, 3.63) is 0 Å². The van der Waals surface area contributed by atoms with E-state index in [0.717, 1.165) is 12.3 Å². The lowest BCUT2D eigenvalue weighted by atomic mass is 9.89. The van der Waals surface area contributed by atoms with E-state index < -0.39 is 0 Å². The Kier molecular flexibility index (Phi) is 2.53. The van der Waals surface area contributed by atoms with Crippen molar-refractivity contribution in [1.82, 2.24) is 5.01 Å². The molecule has 0 bridgehead atoms. The molecule has 1 aliphatic rings. The molecule has 0 saturated heterocycles. The molecule has 1 rings (SSSR count). The molecule has 2 atom stereocenters. The van der Waals surface area contributed by atoms with Crippen LogP contribution in [0.25, 0.3) is 0 Å². The second kappa shape index (κ2) is 3.24. The van der Waals surface area contributed by atoms with Gasteiger partial charge in [0.15, 0.2) is 0 Å². The van der Waals surface area contributed by atoms with Crippen LogP contribution in [0.1, 0.15) is 27.2 Å². The topological polar surface area (TPSA) is 15.6 Å². The van der Waals surface area contributed by atoms with E-state index in [0.29, 0.717) is 12.0 Å². The molecule has 0 aliphatic carbocycles. The Bertz CT molecular complexity index is 152. The highest BCUT2D eigenvalue weighted by Crippen LogP contribution is 2.23. The molecule has 0 fully saturated rings. The Hall–Kier alpha value is -0.530. The van der Waals surface area contributed by atoms with Crippen molar-refractivity contribution >= 4 is 6.21 Å². The average Bonchev–Trinajstić information content (AvgIpc) is 1.85. The molecule has 11 heavy (non-hydrogen) atoms. The van der Waals surface area contributed by atoms with E-state index in [9.17, 15) is 0 Å². The first kappa shape index (κ1) is 8.57. The van der Waals surface area contributed by atoms with E-state index in [4.69, 9.17) is 0 Å². The summed E-state index contributed by atoms with van der Waals surface area (Å²) >= 11 is 0. The summed E-state index contributed by atoms with van der Waals surface area (Å²) in [5.41, 5.74) is 0. The van der Waals surface area contributed by atoms with Gasteiger partial charge in [-0.05, 0) is 18.3 Å². The van der Waals surface area contributed by atoms with Gasteiger partial charge in [-0.2, -0.15) is 5.10 Å². The van der Waals surface area contributed by atoms with Gasteiger partial charge in [-0.3, -0.25) is 5.01 Å². The summed E-state index contributed by atoms with van der Waals surface area (Å²) in [5, 5.41) is 6.39. The lowest BCUT2D eigenvalue weighted by Crippen LogP contribution is -2.40. The zero-order valence-corrected chi connectivity index (χ0v) is 7.91. The molecule has 2 unspecified atom stereocenters. The van der Waals surface area contributed by atoms with Gasteiger partial charge in [0.05, 0.1) is 6.04 Å². The van der Waals surface area contributed by atoms with Crippen molar-refractivity contribution in [2.24, 2.45) is 16.9 Å². The summed E-state index contributed by atoms with van der Waals surface area (Å²) in [6, 6.07) is 0.625. The lowest BCUT2D eigenvalue weighted by Gasteiger charge is -2.36. The molecule has 64 valence electrons. The van der Waals surface area contributed by atoms with Crippen LogP contribution in [0.3, 0.4) is 0 Å². The standard InChI is InChI=1S/C9H18N2/c1-7(2)9-8(3)5-6-10-11(9)4/h6-9H,5H2,1-4H3. The van der Waals surface area contributed by atoms with Crippen LogP contribution in [-0.2, 0) is 0 Å². The Labute approximate surface area is 69.3 Å². The van der Waals surface area contributed by atoms with Crippen LogP contribution in [0.5, 0.6) is 0 Å². The minimum Gasteiger partial charge on any atom is -0.297 e. The Morgan fingerprint density at radius 1 is 1.55 bits per heavy atom. The van der Waals surface area contributed by atoms with E-state index in [2.05, 4.69) is 37.9 Å². The maximum absolute atomic E-state index is 4.29. The summed E-state index contributed by atoms with van der Waals surface area (Å²) in [5.74, 6) is 1.45. The summed E-state index contributed by atoms with van der Waals surface area (Å²) in [7, 11) is 2.07. The van der Waals surface area contributed by atoms with Crippen LogP contribution in [0, 0.1) is 11.8 Å². The normalized spacial score (nSPS) is 31.5. The monoisotopic (exact) mass is 154 g/mol. The molecule has 0 amide bonds. The molecular weight excluding hydrogens is 136 g/mol. The second-order valence-electron chi connectivity index (χ2n) is 3.82. The highest BCUT2D eigenvalue weighted by atomic mass is 15.5. The number of rotatable bonds is 1. The first-order valence-electron chi connectivity index (χ1n) is 4.38. The summed E-state index contributed by atoms with van der Waals surface area (Å²) < 4.78 is 0. The lowest BCUT2D eigenvalue weighted by molar-refractivity contribution is 0.134. The first-order chi connectivity index (χ1) is 5.13. The molecule has 0 saturated carbocycles. The SMILES string of the molecule is CC(C)C1C(C)CC=NN1C. The minimum absolute atomic E-state index is 0.625. The molecule has 2 nitrogen and oxygen atoms in total. The van der Waals surface area contributed by atoms with Crippen molar-refractivity contribution in [1.29, 1.82) is 0 Å². The van der Waals surface area contributed by atoms with E-state index in [1.807, 2.05) is 6.21 Å². The molecule has 1 aliphatic heterocycles. The fourth-order valence-electron chi connectivity index (χ4n) is 2.02. The summed E-state index contributed by atoms with van der Waals surface area (Å²) in [4.78, 5) is 0. The number of hydrogen-bond acceptors (Lipinski definition) is 2. The third-order valence-corrected chi connectivity index (χ3v) is 2.44. The van der Waals surface area contributed by atoms with E-state index in [1.54, 1.807) is 0 Å². The Morgan fingerprint density at radius 2 is 2.18 bits per heavy atom. The minimum atomic E-state index is 0.625. The van der Waals surface area contributed by atoms with Gasteiger partial charge >= 0.3 is 0 Å². The maximum Gasteiger partial charge on any atom is 0.0519 e. The first-order valence-corrected chi connectivity index (χ1v) is 4.38. The zero-order valence-electron chi connectivity index (χ0n) is 7.91. The van der Waals surface area contributed by atoms with Crippen LogP contribution in [0.2, 0.25) is 0 Å².